The van der Waals surface area contributed by atoms with Crippen LogP contribution in [0.3, 0.4) is 0 Å². The van der Waals surface area contributed by atoms with Gasteiger partial charge in [-0.25, -0.2) is 0 Å². The minimum absolute atomic E-state index is 0.155. The Morgan fingerprint density at radius 3 is 2.10 bits per heavy atom. The minimum atomic E-state index is -0.225. The summed E-state index contributed by atoms with van der Waals surface area (Å²) in [4.78, 5) is 25.5. The third-order valence-electron chi connectivity index (χ3n) is 6.19. The molecule has 5 heteroatoms. The maximum Gasteiger partial charge on any atom is 0.254 e. The van der Waals surface area contributed by atoms with E-state index < -0.39 is 0 Å². The van der Waals surface area contributed by atoms with Crippen LogP contribution in [0.4, 0.5) is 0 Å². The van der Waals surface area contributed by atoms with Crippen LogP contribution in [0, 0.1) is 23.7 Å². The molecule has 3 aliphatic carbocycles. The van der Waals surface area contributed by atoms with Crippen molar-refractivity contribution in [2.24, 2.45) is 28.8 Å². The predicted octanol–water partition coefficient (Wildman–Crippen LogP) is 3.80. The maximum absolute atomic E-state index is 12.8. The number of hydrogen-bond donors (Lipinski definition) is 0. The maximum atomic E-state index is 12.8. The molecule has 5 nitrogen and oxygen atoms in total. The summed E-state index contributed by atoms with van der Waals surface area (Å²) in [5.41, 5.74) is 1.92. The van der Waals surface area contributed by atoms with Crippen LogP contribution in [0.2, 0.25) is 0 Å². The van der Waals surface area contributed by atoms with E-state index >= 15 is 0 Å². The van der Waals surface area contributed by atoms with Gasteiger partial charge in [-0.05, 0) is 60.1 Å². The average molecular weight is 386 g/mol. The number of amides is 2. The fraction of sp³-hybridized carbons (Fsp3) is 0.292. The Hall–Kier alpha value is -3.21. The molecule has 4 aliphatic rings. The Labute approximate surface area is 169 Å². The van der Waals surface area contributed by atoms with Gasteiger partial charge in [-0.1, -0.05) is 42.5 Å². The molecule has 1 heterocycles. The van der Waals surface area contributed by atoms with E-state index in [-0.39, 0.29) is 35.5 Å². The molecule has 0 spiro atoms. The Balaban J connectivity index is 1.25. The molecular weight excluding hydrogens is 364 g/mol. The number of hydrazone groups is 1. The molecule has 2 bridgehead atoms. The SMILES string of the molecule is O=C1[C@@H]2[C@H](C(=O)N1/N=C\c1ccc(OCc3ccccc3)cc1)[C@@H]1C=C[C@@H]2CC1. The lowest BCUT2D eigenvalue weighted by molar-refractivity contribution is -0.140. The highest BCUT2D eigenvalue weighted by atomic mass is 16.5. The first-order chi connectivity index (χ1) is 14.2. The van der Waals surface area contributed by atoms with Crippen molar-refractivity contribution in [3.63, 3.8) is 0 Å². The molecule has 0 radical (unpaired) electrons. The van der Waals surface area contributed by atoms with Crippen molar-refractivity contribution < 1.29 is 14.3 Å². The highest BCUT2D eigenvalue weighted by Crippen LogP contribution is 2.49. The topological polar surface area (TPSA) is 59.0 Å². The van der Waals surface area contributed by atoms with E-state index in [0.29, 0.717) is 6.61 Å². The second-order valence-corrected chi connectivity index (χ2v) is 7.92. The number of fused-ring (bicyclic) bond motifs is 1. The lowest BCUT2D eigenvalue weighted by Crippen LogP contribution is -2.38. The highest BCUT2D eigenvalue weighted by molar-refractivity contribution is 6.06. The van der Waals surface area contributed by atoms with Gasteiger partial charge in [0.25, 0.3) is 11.8 Å². The fourth-order valence-electron chi connectivity index (χ4n) is 4.69. The zero-order valence-electron chi connectivity index (χ0n) is 16.0. The summed E-state index contributed by atoms with van der Waals surface area (Å²) >= 11 is 0. The zero-order valence-corrected chi connectivity index (χ0v) is 16.0. The molecule has 2 amide bonds. The Kier molecular flexibility index (Phi) is 4.51. The van der Waals surface area contributed by atoms with Crippen molar-refractivity contribution in [2.75, 3.05) is 0 Å². The van der Waals surface area contributed by atoms with Gasteiger partial charge >= 0.3 is 0 Å². The molecule has 4 atom stereocenters. The first kappa shape index (κ1) is 17.9. The van der Waals surface area contributed by atoms with Crippen LogP contribution >= 0.6 is 0 Å². The molecule has 2 aromatic carbocycles. The number of ether oxygens (including phenoxy) is 1. The normalized spacial score (nSPS) is 27.7. The zero-order chi connectivity index (χ0) is 19.8. The number of hydrogen-bond acceptors (Lipinski definition) is 4. The number of allylic oxidation sites excluding steroid dienone is 2. The molecule has 1 aliphatic heterocycles. The third kappa shape index (κ3) is 3.27. The highest BCUT2D eigenvalue weighted by Gasteiger charge is 2.56. The minimum Gasteiger partial charge on any atom is -0.489 e. The van der Waals surface area contributed by atoms with Crippen molar-refractivity contribution in [1.29, 1.82) is 0 Å². The quantitative estimate of drug-likeness (QED) is 0.446. The van der Waals surface area contributed by atoms with Crippen LogP contribution in [-0.2, 0) is 16.2 Å². The molecule has 6 rings (SSSR count). The van der Waals surface area contributed by atoms with Gasteiger partial charge in [0.15, 0.2) is 0 Å². The molecule has 0 aromatic heterocycles. The third-order valence-corrected chi connectivity index (χ3v) is 6.19. The molecule has 29 heavy (non-hydrogen) atoms. The van der Waals surface area contributed by atoms with E-state index in [2.05, 4.69) is 17.3 Å². The van der Waals surface area contributed by atoms with Gasteiger partial charge in [0.1, 0.15) is 12.4 Å². The predicted molar refractivity (Wildman–Crippen MR) is 109 cm³/mol. The number of benzene rings is 2. The molecular formula is C24H22N2O3. The van der Waals surface area contributed by atoms with Gasteiger partial charge in [-0.15, -0.1) is 0 Å². The van der Waals surface area contributed by atoms with Crippen molar-refractivity contribution in [2.45, 2.75) is 19.4 Å². The van der Waals surface area contributed by atoms with Gasteiger partial charge in [-0.2, -0.15) is 10.1 Å². The number of carbonyl (C=O) groups is 2. The summed E-state index contributed by atoms with van der Waals surface area (Å²) in [6, 6.07) is 17.4. The van der Waals surface area contributed by atoms with Crippen LogP contribution in [-0.4, -0.2) is 23.0 Å². The van der Waals surface area contributed by atoms with Crippen LogP contribution in [0.25, 0.3) is 0 Å². The van der Waals surface area contributed by atoms with Crippen molar-refractivity contribution in [3.05, 3.63) is 77.9 Å². The Morgan fingerprint density at radius 1 is 0.897 bits per heavy atom. The van der Waals surface area contributed by atoms with E-state index in [4.69, 9.17) is 4.74 Å². The second-order valence-electron chi connectivity index (χ2n) is 7.92. The van der Waals surface area contributed by atoms with E-state index in [0.717, 1.165) is 34.7 Å². The molecule has 2 aromatic rings. The summed E-state index contributed by atoms with van der Waals surface area (Å²) < 4.78 is 5.78. The molecule has 1 saturated heterocycles. The summed E-state index contributed by atoms with van der Waals surface area (Å²) in [7, 11) is 0. The van der Waals surface area contributed by atoms with Crippen LogP contribution in [0.5, 0.6) is 5.75 Å². The largest absolute Gasteiger partial charge is 0.489 e. The standard InChI is InChI=1S/C24H22N2O3/c27-23-21-18-8-9-19(11-10-18)22(21)24(28)26(23)25-14-16-6-12-20(13-7-16)29-15-17-4-2-1-3-5-17/h1-9,12-14,18-19,21-22H,10-11,15H2/b25-14-/t18-,19-,21-,22+/m1/s1. The monoisotopic (exact) mass is 386 g/mol. The van der Waals surface area contributed by atoms with E-state index in [9.17, 15) is 9.59 Å². The van der Waals surface area contributed by atoms with E-state index in [1.165, 1.54) is 0 Å². The van der Waals surface area contributed by atoms with Gasteiger partial charge < -0.3 is 4.74 Å². The van der Waals surface area contributed by atoms with Crippen molar-refractivity contribution in [3.8, 4) is 5.75 Å². The summed E-state index contributed by atoms with van der Waals surface area (Å²) in [6.45, 7) is 0.504. The first-order valence-electron chi connectivity index (χ1n) is 10.1. The lowest BCUT2D eigenvalue weighted by Gasteiger charge is -2.37. The Morgan fingerprint density at radius 2 is 1.52 bits per heavy atom. The molecule has 2 fully saturated rings. The molecule has 146 valence electrons. The van der Waals surface area contributed by atoms with Gasteiger partial charge in [0.2, 0.25) is 0 Å². The van der Waals surface area contributed by atoms with Crippen molar-refractivity contribution in [1.82, 2.24) is 5.01 Å². The van der Waals surface area contributed by atoms with Gasteiger partial charge in [-0.3, -0.25) is 9.59 Å². The summed E-state index contributed by atoms with van der Waals surface area (Å²) in [6.07, 6.45) is 7.78. The molecule has 1 saturated carbocycles. The van der Waals surface area contributed by atoms with E-state index in [1.54, 1.807) is 6.21 Å². The lowest BCUT2D eigenvalue weighted by atomic mass is 9.63. The van der Waals surface area contributed by atoms with Crippen LogP contribution in [0.15, 0.2) is 71.9 Å². The number of rotatable bonds is 5. The van der Waals surface area contributed by atoms with Crippen LogP contribution < -0.4 is 4.74 Å². The van der Waals surface area contributed by atoms with E-state index in [1.807, 2.05) is 54.6 Å². The summed E-state index contributed by atoms with van der Waals surface area (Å²) in [5.74, 6) is 0.365. The number of nitrogens with zero attached hydrogens (tertiary/aromatic N) is 2. The fourth-order valence-corrected chi connectivity index (χ4v) is 4.69. The summed E-state index contributed by atoms with van der Waals surface area (Å²) in [5, 5.41) is 5.33. The van der Waals surface area contributed by atoms with Crippen LogP contribution in [0.1, 0.15) is 24.0 Å². The van der Waals surface area contributed by atoms with Gasteiger partial charge in [0, 0.05) is 0 Å². The molecule has 0 N–H and O–H groups in total. The number of carbonyl (C=O) groups excluding carboxylic acids is 2. The first-order valence-corrected chi connectivity index (χ1v) is 10.1. The smallest absolute Gasteiger partial charge is 0.254 e. The Bertz CT molecular complexity index is 949. The average Bonchev–Trinajstić information content (AvgIpc) is 3.05. The van der Waals surface area contributed by atoms with Gasteiger partial charge in [0.05, 0.1) is 18.1 Å². The second kappa shape index (κ2) is 7.32. The molecule has 0 unspecified atom stereocenters. The van der Waals surface area contributed by atoms with Crippen molar-refractivity contribution >= 4 is 18.0 Å². The number of imide groups is 1.